The van der Waals surface area contributed by atoms with Crippen molar-refractivity contribution in [2.45, 2.75) is 19.3 Å². The molecule has 7 heteroatoms. The van der Waals surface area contributed by atoms with Crippen LogP contribution in [0.3, 0.4) is 0 Å². The Morgan fingerprint density at radius 3 is 2.33 bits per heavy atom. The van der Waals surface area contributed by atoms with Crippen LogP contribution in [-0.4, -0.2) is 54.9 Å². The number of hydrogen-bond acceptors (Lipinski definition) is 3. The molecule has 3 rings (SSSR count). The first-order chi connectivity index (χ1) is 11.5. The lowest BCUT2D eigenvalue weighted by atomic mass is 10.1. The van der Waals surface area contributed by atoms with Crippen LogP contribution in [-0.2, 0) is 4.79 Å². The van der Waals surface area contributed by atoms with Crippen LogP contribution in [0, 0.1) is 5.92 Å². The summed E-state index contributed by atoms with van der Waals surface area (Å²) in [5.41, 5.74) is 0.286. The quantitative estimate of drug-likeness (QED) is 0.821. The van der Waals surface area contributed by atoms with Crippen molar-refractivity contribution in [3.05, 3.63) is 27.7 Å². The highest BCUT2D eigenvalue weighted by Crippen LogP contribution is 2.35. The van der Waals surface area contributed by atoms with Crippen molar-refractivity contribution in [3.63, 3.8) is 0 Å². The minimum atomic E-state index is -0.208. The minimum absolute atomic E-state index is 0.203. The van der Waals surface area contributed by atoms with E-state index in [0.717, 1.165) is 19.3 Å². The number of nitrogens with zero attached hydrogens (tertiary/aromatic N) is 2. The summed E-state index contributed by atoms with van der Waals surface area (Å²) >= 11 is 12.3. The second-order valence-electron chi connectivity index (χ2n) is 6.18. The molecule has 130 valence electrons. The fraction of sp³-hybridized carbons (Fsp3) is 0.529. The van der Waals surface area contributed by atoms with Crippen molar-refractivity contribution >= 4 is 35.0 Å². The predicted molar refractivity (Wildman–Crippen MR) is 92.8 cm³/mol. The smallest absolute Gasteiger partial charge is 0.259 e. The number of ether oxygens (including phenoxy) is 1. The van der Waals surface area contributed by atoms with E-state index in [4.69, 9.17) is 27.9 Å². The Bertz CT molecular complexity index is 661. The molecule has 0 unspecified atom stereocenters. The van der Waals surface area contributed by atoms with E-state index in [2.05, 4.69) is 0 Å². The highest BCUT2D eigenvalue weighted by atomic mass is 35.5. The maximum Gasteiger partial charge on any atom is 0.259 e. The second-order valence-corrected chi connectivity index (χ2v) is 7.00. The van der Waals surface area contributed by atoms with Gasteiger partial charge in [-0.05, 0) is 31.4 Å². The Morgan fingerprint density at radius 2 is 1.67 bits per heavy atom. The zero-order valence-corrected chi connectivity index (χ0v) is 15.1. The average molecular weight is 371 g/mol. The first-order valence-electron chi connectivity index (χ1n) is 8.13. The van der Waals surface area contributed by atoms with Crippen molar-refractivity contribution in [2.75, 3.05) is 33.3 Å². The molecule has 0 atom stereocenters. The molecule has 1 aromatic carbocycles. The largest absolute Gasteiger partial charge is 0.494 e. The molecule has 1 aliphatic carbocycles. The maximum absolute atomic E-state index is 12.9. The van der Waals surface area contributed by atoms with Gasteiger partial charge in [-0.2, -0.15) is 0 Å². The van der Waals surface area contributed by atoms with Gasteiger partial charge >= 0.3 is 0 Å². The number of hydrogen-bond donors (Lipinski definition) is 0. The van der Waals surface area contributed by atoms with Crippen molar-refractivity contribution in [1.29, 1.82) is 0 Å². The summed E-state index contributed by atoms with van der Waals surface area (Å²) in [7, 11) is 1.47. The van der Waals surface area contributed by atoms with Gasteiger partial charge in [0, 0.05) is 32.1 Å². The number of methoxy groups -OCH3 is 1. The number of halogens is 2. The summed E-state index contributed by atoms with van der Waals surface area (Å²) in [5, 5.41) is 0.669. The molecule has 2 aliphatic rings. The zero-order chi connectivity index (χ0) is 17.3. The lowest BCUT2D eigenvalue weighted by molar-refractivity contribution is -0.132. The first-order valence-corrected chi connectivity index (χ1v) is 8.88. The summed E-state index contributed by atoms with van der Waals surface area (Å²) in [5.74, 6) is 0.516. The monoisotopic (exact) mass is 370 g/mol. The Kier molecular flexibility index (Phi) is 5.21. The van der Waals surface area contributed by atoms with Gasteiger partial charge in [-0.15, -0.1) is 0 Å². The molecule has 0 aromatic heterocycles. The molecule has 0 bridgehead atoms. The van der Waals surface area contributed by atoms with Gasteiger partial charge < -0.3 is 14.5 Å². The molecule has 24 heavy (non-hydrogen) atoms. The fourth-order valence-electron chi connectivity index (χ4n) is 3.02. The predicted octanol–water partition coefficient (Wildman–Crippen LogP) is 3.09. The number of rotatable bonds is 3. The Balaban J connectivity index is 1.76. The van der Waals surface area contributed by atoms with Crippen LogP contribution in [0.1, 0.15) is 29.6 Å². The normalized spacial score (nSPS) is 18.3. The Labute approximate surface area is 151 Å². The van der Waals surface area contributed by atoms with E-state index < -0.39 is 0 Å². The lowest BCUT2D eigenvalue weighted by Crippen LogP contribution is -2.38. The van der Waals surface area contributed by atoms with Crippen LogP contribution in [0.5, 0.6) is 5.75 Å². The van der Waals surface area contributed by atoms with Crippen LogP contribution in [0.25, 0.3) is 0 Å². The highest BCUT2D eigenvalue weighted by molar-refractivity contribution is 6.37. The van der Waals surface area contributed by atoms with Crippen LogP contribution in [0.4, 0.5) is 0 Å². The molecule has 2 amide bonds. The molecule has 1 saturated carbocycles. The van der Waals surface area contributed by atoms with Crippen LogP contribution >= 0.6 is 23.2 Å². The number of carbonyl (C=O) groups excluding carboxylic acids is 2. The molecule has 5 nitrogen and oxygen atoms in total. The lowest BCUT2D eigenvalue weighted by Gasteiger charge is -2.23. The SMILES string of the molecule is COc1c(Cl)ccc(Cl)c1C(=O)N1CCCN(C(=O)C2CC2)CC1. The maximum atomic E-state index is 12.9. The highest BCUT2D eigenvalue weighted by Gasteiger charge is 2.34. The van der Waals surface area contributed by atoms with Gasteiger partial charge in [0.1, 0.15) is 5.56 Å². The molecule has 0 spiro atoms. The van der Waals surface area contributed by atoms with Crippen LogP contribution in [0.15, 0.2) is 12.1 Å². The molecule has 0 N–H and O–H groups in total. The second kappa shape index (κ2) is 7.19. The molecule has 2 fully saturated rings. The van der Waals surface area contributed by atoms with E-state index in [0.29, 0.717) is 42.0 Å². The van der Waals surface area contributed by atoms with Gasteiger partial charge in [-0.25, -0.2) is 0 Å². The first kappa shape index (κ1) is 17.4. The van der Waals surface area contributed by atoms with E-state index in [1.807, 2.05) is 4.90 Å². The number of benzene rings is 1. The van der Waals surface area contributed by atoms with Crippen molar-refractivity contribution < 1.29 is 14.3 Å². The topological polar surface area (TPSA) is 49.9 Å². The van der Waals surface area contributed by atoms with Crippen LogP contribution < -0.4 is 4.74 Å². The van der Waals surface area contributed by atoms with Gasteiger partial charge in [-0.1, -0.05) is 23.2 Å². The molecule has 1 saturated heterocycles. The summed E-state index contributed by atoms with van der Waals surface area (Å²) in [6.07, 6.45) is 2.74. The molecule has 1 aromatic rings. The minimum Gasteiger partial charge on any atom is -0.494 e. The average Bonchev–Trinajstić information content (AvgIpc) is 3.41. The van der Waals surface area contributed by atoms with E-state index >= 15 is 0 Å². The van der Waals surface area contributed by atoms with Crippen LogP contribution in [0.2, 0.25) is 10.0 Å². The van der Waals surface area contributed by atoms with Crippen molar-refractivity contribution in [2.24, 2.45) is 5.92 Å². The summed E-state index contributed by atoms with van der Waals surface area (Å²) in [6.45, 7) is 2.32. The van der Waals surface area contributed by atoms with Crippen molar-refractivity contribution in [3.8, 4) is 5.75 Å². The number of carbonyl (C=O) groups is 2. The molecular formula is C17H20Cl2N2O3. The van der Waals surface area contributed by atoms with E-state index in [1.54, 1.807) is 17.0 Å². The van der Waals surface area contributed by atoms with Crippen molar-refractivity contribution in [1.82, 2.24) is 9.80 Å². The fourth-order valence-corrected chi connectivity index (χ4v) is 3.48. The third-order valence-corrected chi connectivity index (χ3v) is 5.11. The summed E-state index contributed by atoms with van der Waals surface area (Å²) in [6, 6.07) is 3.21. The standard InChI is InChI=1S/C17H20Cl2N2O3/c1-24-15-13(19)6-5-12(18)14(15)17(23)21-8-2-7-20(9-10-21)16(22)11-3-4-11/h5-6,11H,2-4,7-10H2,1H3. The third-order valence-electron chi connectivity index (χ3n) is 4.50. The Hall–Kier alpha value is -1.46. The molecule has 0 radical (unpaired) electrons. The zero-order valence-electron chi connectivity index (χ0n) is 13.6. The number of amides is 2. The molecular weight excluding hydrogens is 351 g/mol. The van der Waals surface area contributed by atoms with Gasteiger partial charge in [-0.3, -0.25) is 9.59 Å². The van der Waals surface area contributed by atoms with Gasteiger partial charge in [0.2, 0.25) is 5.91 Å². The Morgan fingerprint density at radius 1 is 1.04 bits per heavy atom. The van der Waals surface area contributed by atoms with E-state index in [9.17, 15) is 9.59 Å². The molecule has 1 aliphatic heterocycles. The van der Waals surface area contributed by atoms with E-state index in [-0.39, 0.29) is 23.3 Å². The van der Waals surface area contributed by atoms with Gasteiger partial charge in [0.25, 0.3) is 5.91 Å². The molecule has 1 heterocycles. The third kappa shape index (κ3) is 3.47. The van der Waals surface area contributed by atoms with Gasteiger partial charge in [0.15, 0.2) is 5.75 Å². The summed E-state index contributed by atoms with van der Waals surface area (Å²) < 4.78 is 5.27. The van der Waals surface area contributed by atoms with E-state index in [1.165, 1.54) is 7.11 Å². The summed E-state index contributed by atoms with van der Waals surface area (Å²) in [4.78, 5) is 28.7. The van der Waals surface area contributed by atoms with Gasteiger partial charge in [0.05, 0.1) is 17.2 Å².